The van der Waals surface area contributed by atoms with Crippen molar-refractivity contribution in [1.82, 2.24) is 20.2 Å². The molecule has 0 spiro atoms. The maximum atomic E-state index is 12.1. The van der Waals surface area contributed by atoms with Crippen molar-refractivity contribution in [3.63, 3.8) is 0 Å². The molecule has 6 rings (SSSR count). The Balaban J connectivity index is 0.000000162. The van der Waals surface area contributed by atoms with Gasteiger partial charge < -0.3 is 15.0 Å². The van der Waals surface area contributed by atoms with E-state index in [9.17, 15) is 4.79 Å². The predicted octanol–water partition coefficient (Wildman–Crippen LogP) is 4.35. The second-order valence-electron chi connectivity index (χ2n) is 11.9. The smallest absolute Gasteiger partial charge is 0.410 e. The van der Waals surface area contributed by atoms with Crippen molar-refractivity contribution in [2.45, 2.75) is 53.1 Å². The molecule has 4 unspecified atom stereocenters. The van der Waals surface area contributed by atoms with Crippen molar-refractivity contribution < 1.29 is 9.53 Å². The molecular weight excluding hydrogens is 460 g/mol. The number of hydrogen-bond donors (Lipinski definition) is 1. The Morgan fingerprint density at radius 2 is 1.57 bits per heavy atom. The van der Waals surface area contributed by atoms with Gasteiger partial charge in [0.25, 0.3) is 0 Å². The van der Waals surface area contributed by atoms with Gasteiger partial charge in [-0.2, -0.15) is 0 Å². The lowest BCUT2D eigenvalue weighted by molar-refractivity contribution is 0.0268. The first-order valence-electron chi connectivity index (χ1n) is 13.2. The minimum absolute atomic E-state index is 0.0394. The SMILES string of the molecule is Cc1cccc(C#CC23CC2CN(C(=O)OC(C)(C)C)C3)n1.Cc1cccc(C#CC23CNCC2C3)n1. The minimum atomic E-state index is -0.450. The summed E-state index contributed by atoms with van der Waals surface area (Å²) < 4.78 is 5.44. The third-order valence-corrected chi connectivity index (χ3v) is 7.52. The van der Waals surface area contributed by atoms with Crippen LogP contribution in [0.4, 0.5) is 4.79 Å². The van der Waals surface area contributed by atoms with E-state index >= 15 is 0 Å². The molecule has 1 N–H and O–H groups in total. The van der Waals surface area contributed by atoms with E-state index in [0.29, 0.717) is 17.9 Å². The number of rotatable bonds is 0. The summed E-state index contributed by atoms with van der Waals surface area (Å²) in [5.41, 5.74) is 3.52. The van der Waals surface area contributed by atoms with Crippen LogP contribution in [0.5, 0.6) is 0 Å². The van der Waals surface area contributed by atoms with Gasteiger partial charge in [0.2, 0.25) is 0 Å². The summed E-state index contributed by atoms with van der Waals surface area (Å²) in [5, 5.41) is 3.39. The average molecular weight is 497 g/mol. The summed E-state index contributed by atoms with van der Waals surface area (Å²) in [6, 6.07) is 11.9. The minimum Gasteiger partial charge on any atom is -0.444 e. The summed E-state index contributed by atoms with van der Waals surface area (Å²) in [7, 11) is 0. The zero-order valence-electron chi connectivity index (χ0n) is 22.5. The lowest BCUT2D eigenvalue weighted by atomic mass is 10.1. The van der Waals surface area contributed by atoms with Gasteiger partial charge in [0, 0.05) is 36.4 Å². The third-order valence-electron chi connectivity index (χ3n) is 7.52. The Morgan fingerprint density at radius 3 is 2.08 bits per heavy atom. The predicted molar refractivity (Wildman–Crippen MR) is 143 cm³/mol. The molecule has 2 saturated carbocycles. The second kappa shape index (κ2) is 9.51. The van der Waals surface area contributed by atoms with Crippen LogP contribution >= 0.6 is 0 Å². The zero-order chi connectivity index (χ0) is 26.3. The van der Waals surface area contributed by atoms with Crippen LogP contribution < -0.4 is 5.32 Å². The molecule has 2 aliphatic carbocycles. The molecule has 0 bridgehead atoms. The highest BCUT2D eigenvalue weighted by Gasteiger charge is 2.60. The molecule has 2 aromatic heterocycles. The van der Waals surface area contributed by atoms with Crippen molar-refractivity contribution in [2.75, 3.05) is 26.2 Å². The van der Waals surface area contributed by atoms with E-state index in [2.05, 4.69) is 39.0 Å². The molecule has 37 heavy (non-hydrogen) atoms. The number of amides is 1. The van der Waals surface area contributed by atoms with Gasteiger partial charge in [0.05, 0.1) is 5.41 Å². The number of nitrogens with one attached hydrogen (secondary N) is 1. The molecule has 4 heterocycles. The Morgan fingerprint density at radius 1 is 0.973 bits per heavy atom. The van der Waals surface area contributed by atoms with Crippen LogP contribution in [0.15, 0.2) is 36.4 Å². The summed E-state index contributed by atoms with van der Waals surface area (Å²) in [6.45, 7) is 13.3. The summed E-state index contributed by atoms with van der Waals surface area (Å²) >= 11 is 0. The number of carbonyl (C=O) groups is 1. The molecule has 1 amide bonds. The highest BCUT2D eigenvalue weighted by atomic mass is 16.6. The summed E-state index contributed by atoms with van der Waals surface area (Å²) in [4.78, 5) is 22.7. The maximum Gasteiger partial charge on any atom is 0.410 e. The van der Waals surface area contributed by atoms with Crippen LogP contribution in [0.25, 0.3) is 0 Å². The highest BCUT2D eigenvalue weighted by Crippen LogP contribution is 2.57. The first kappa shape index (κ1) is 25.3. The first-order chi connectivity index (χ1) is 17.6. The first-order valence-corrected chi connectivity index (χ1v) is 13.2. The van der Waals surface area contributed by atoms with E-state index in [1.807, 2.05) is 71.0 Å². The van der Waals surface area contributed by atoms with Crippen molar-refractivity contribution in [3.8, 4) is 23.7 Å². The van der Waals surface area contributed by atoms with Gasteiger partial charge in [-0.3, -0.25) is 0 Å². The van der Waals surface area contributed by atoms with Crippen LogP contribution in [0.3, 0.4) is 0 Å². The number of aryl methyl sites for hydroxylation is 2. The molecule has 4 atom stereocenters. The van der Waals surface area contributed by atoms with Gasteiger partial charge in [-0.15, -0.1) is 0 Å². The lowest BCUT2D eigenvalue weighted by Gasteiger charge is -2.25. The van der Waals surface area contributed by atoms with Crippen LogP contribution in [0.2, 0.25) is 0 Å². The Labute approximate surface area is 220 Å². The molecule has 6 heteroatoms. The van der Waals surface area contributed by atoms with Crippen LogP contribution in [0, 0.1) is 60.2 Å². The monoisotopic (exact) mass is 496 g/mol. The van der Waals surface area contributed by atoms with E-state index in [1.165, 1.54) is 6.42 Å². The van der Waals surface area contributed by atoms with Crippen LogP contribution in [-0.2, 0) is 4.74 Å². The number of pyridine rings is 2. The number of ether oxygens (including phenoxy) is 1. The van der Waals surface area contributed by atoms with Gasteiger partial charge in [0.15, 0.2) is 0 Å². The van der Waals surface area contributed by atoms with Crippen molar-refractivity contribution in [2.24, 2.45) is 22.7 Å². The van der Waals surface area contributed by atoms with Gasteiger partial charge in [-0.05, 0) is 102 Å². The molecule has 2 saturated heterocycles. The Kier molecular flexibility index (Phi) is 6.50. The average Bonchev–Trinajstić information content (AvgIpc) is 3.61. The molecule has 6 nitrogen and oxygen atoms in total. The number of nitrogens with zero attached hydrogens (tertiary/aromatic N) is 3. The van der Waals surface area contributed by atoms with Gasteiger partial charge >= 0.3 is 6.09 Å². The molecule has 2 aromatic rings. The fourth-order valence-electron chi connectivity index (χ4n) is 5.28. The number of hydrogen-bond acceptors (Lipinski definition) is 5. The van der Waals surface area contributed by atoms with Crippen molar-refractivity contribution in [3.05, 3.63) is 59.2 Å². The molecule has 4 fully saturated rings. The largest absolute Gasteiger partial charge is 0.444 e. The molecule has 192 valence electrons. The molecule has 0 aromatic carbocycles. The van der Waals surface area contributed by atoms with E-state index in [-0.39, 0.29) is 11.5 Å². The van der Waals surface area contributed by atoms with Crippen molar-refractivity contribution >= 4 is 6.09 Å². The normalized spacial score (nSPS) is 28.3. The van der Waals surface area contributed by atoms with Gasteiger partial charge in [-0.1, -0.05) is 24.0 Å². The van der Waals surface area contributed by atoms with Crippen LogP contribution in [-0.4, -0.2) is 52.7 Å². The zero-order valence-corrected chi connectivity index (χ0v) is 22.5. The quantitative estimate of drug-likeness (QED) is 0.550. The molecule has 0 radical (unpaired) electrons. The summed E-state index contributed by atoms with van der Waals surface area (Å²) in [5.74, 6) is 14.4. The number of piperidine rings is 2. The highest BCUT2D eigenvalue weighted by molar-refractivity contribution is 5.69. The van der Waals surface area contributed by atoms with Gasteiger partial charge in [-0.25, -0.2) is 14.8 Å². The molecule has 2 aliphatic heterocycles. The topological polar surface area (TPSA) is 67.4 Å². The standard InChI is InChI=1S/C18H22N2O2.C13H14N2/c1-13-6-5-7-15(19-13)8-9-18-10-14(18)11-20(12-18)16(21)22-17(2,3)4;1-10-3-2-4-12(15-10)5-6-13-7-11(13)8-14-9-13/h5-7,14H,10-12H2,1-4H3;2-4,11,14H,7-9H2,1H3. The molecule has 4 aliphatic rings. The van der Waals surface area contributed by atoms with E-state index in [4.69, 9.17) is 4.74 Å². The second-order valence-corrected chi connectivity index (χ2v) is 11.9. The summed E-state index contributed by atoms with van der Waals surface area (Å²) in [6.07, 6.45) is 2.12. The fourth-order valence-corrected chi connectivity index (χ4v) is 5.28. The van der Waals surface area contributed by atoms with Crippen molar-refractivity contribution in [1.29, 1.82) is 0 Å². The number of likely N-dealkylation sites (tertiary alicyclic amines) is 1. The van der Waals surface area contributed by atoms with E-state index in [0.717, 1.165) is 54.7 Å². The lowest BCUT2D eigenvalue weighted by Crippen LogP contribution is -2.37. The maximum absolute atomic E-state index is 12.1. The number of aromatic nitrogens is 2. The van der Waals surface area contributed by atoms with Crippen LogP contribution in [0.1, 0.15) is 56.4 Å². The fraction of sp³-hybridized carbons (Fsp3) is 0.516. The molecular formula is C31H36N4O2. The van der Waals surface area contributed by atoms with E-state index in [1.54, 1.807) is 4.90 Å². The number of carbonyl (C=O) groups excluding carboxylic acids is 1. The van der Waals surface area contributed by atoms with E-state index < -0.39 is 5.60 Å². The van der Waals surface area contributed by atoms with Gasteiger partial charge in [0.1, 0.15) is 17.0 Å². The third kappa shape index (κ3) is 5.97. The Hall–Kier alpha value is -3.35. The Bertz CT molecular complexity index is 1320. The number of fused-ring (bicyclic) bond motifs is 2.